The third-order valence-corrected chi connectivity index (χ3v) is 9.32. The van der Waals surface area contributed by atoms with E-state index in [2.05, 4.69) is 4.90 Å². The molecule has 0 aliphatic carbocycles. The average Bonchev–Trinajstić information content (AvgIpc) is 3.37. The van der Waals surface area contributed by atoms with Gasteiger partial charge in [0.1, 0.15) is 23.4 Å². The van der Waals surface area contributed by atoms with E-state index in [4.69, 9.17) is 9.47 Å². The monoisotopic (exact) mass is 517 g/mol. The van der Waals surface area contributed by atoms with Crippen molar-refractivity contribution in [1.29, 1.82) is 0 Å². The van der Waals surface area contributed by atoms with Crippen molar-refractivity contribution in [3.63, 3.8) is 0 Å². The minimum atomic E-state index is -3.69. The number of sulfonamides is 1. The summed E-state index contributed by atoms with van der Waals surface area (Å²) in [5.41, 5.74) is 0.480. The Kier molecular flexibility index (Phi) is 7.18. The van der Waals surface area contributed by atoms with Crippen molar-refractivity contribution >= 4 is 21.6 Å². The van der Waals surface area contributed by atoms with Crippen LogP contribution in [0, 0.1) is 5.82 Å². The second-order valence-electron chi connectivity index (χ2n) is 9.68. The van der Waals surface area contributed by atoms with Crippen LogP contribution in [0.25, 0.3) is 0 Å². The molecule has 2 aromatic carbocycles. The van der Waals surface area contributed by atoms with Gasteiger partial charge >= 0.3 is 0 Å². The molecule has 3 aliphatic rings. The summed E-state index contributed by atoms with van der Waals surface area (Å²) in [5.74, 6) is 0.720. The van der Waals surface area contributed by atoms with Crippen LogP contribution in [0.3, 0.4) is 0 Å². The molecule has 5 rings (SSSR count). The number of likely N-dealkylation sites (N-methyl/N-ethyl adjacent to an activating group) is 1. The van der Waals surface area contributed by atoms with Crippen LogP contribution in [0.4, 0.5) is 10.1 Å². The maximum Gasteiger partial charge on any atom is 0.264 e. The Labute approximate surface area is 211 Å². The number of benzene rings is 2. The normalized spacial score (nSPS) is 21.9. The van der Waals surface area contributed by atoms with Gasteiger partial charge in [0.2, 0.25) is 10.0 Å². The number of halogens is 1. The lowest BCUT2D eigenvalue weighted by molar-refractivity contribution is -0.121. The Morgan fingerprint density at radius 3 is 2.56 bits per heavy atom. The summed E-state index contributed by atoms with van der Waals surface area (Å²) >= 11 is 0. The van der Waals surface area contributed by atoms with Gasteiger partial charge in [0.15, 0.2) is 6.61 Å². The van der Waals surface area contributed by atoms with E-state index in [-0.39, 0.29) is 35.4 Å². The first-order valence-electron chi connectivity index (χ1n) is 12.5. The molecule has 1 amide bonds. The second kappa shape index (κ2) is 10.4. The Bertz CT molecular complexity index is 1200. The number of ether oxygens (including phenoxy) is 2. The molecule has 2 aromatic rings. The van der Waals surface area contributed by atoms with E-state index < -0.39 is 10.0 Å². The molecule has 8 nitrogen and oxygen atoms in total. The molecular formula is C26H32FN3O5S. The number of nitrogens with zero attached hydrogens (tertiary/aromatic N) is 3. The van der Waals surface area contributed by atoms with E-state index in [1.54, 1.807) is 41.7 Å². The molecule has 0 bridgehead atoms. The van der Waals surface area contributed by atoms with Gasteiger partial charge in [0.05, 0.1) is 10.6 Å². The molecule has 10 heteroatoms. The van der Waals surface area contributed by atoms with Crippen molar-refractivity contribution in [3.05, 3.63) is 48.3 Å². The zero-order chi connectivity index (χ0) is 25.3. The summed E-state index contributed by atoms with van der Waals surface area (Å²) in [6.07, 6.45) is 4.32. The molecule has 1 atom stereocenters. The highest BCUT2D eigenvalue weighted by Crippen LogP contribution is 2.36. The van der Waals surface area contributed by atoms with Gasteiger partial charge in [-0.15, -0.1) is 0 Å². The van der Waals surface area contributed by atoms with E-state index in [1.807, 2.05) is 0 Å². The molecule has 2 saturated heterocycles. The van der Waals surface area contributed by atoms with Crippen LogP contribution in [0.5, 0.6) is 11.5 Å². The van der Waals surface area contributed by atoms with Crippen LogP contribution in [0.1, 0.15) is 32.1 Å². The molecule has 0 spiro atoms. The molecule has 0 unspecified atom stereocenters. The Morgan fingerprint density at radius 1 is 1.06 bits per heavy atom. The van der Waals surface area contributed by atoms with Crippen molar-refractivity contribution in [2.45, 2.75) is 49.1 Å². The highest BCUT2D eigenvalue weighted by molar-refractivity contribution is 7.89. The van der Waals surface area contributed by atoms with Crippen molar-refractivity contribution in [2.75, 3.05) is 44.7 Å². The molecule has 0 aromatic heterocycles. The first-order chi connectivity index (χ1) is 17.3. The summed E-state index contributed by atoms with van der Waals surface area (Å²) in [6, 6.07) is 10.8. The average molecular weight is 518 g/mol. The van der Waals surface area contributed by atoms with Crippen LogP contribution in [-0.2, 0) is 14.8 Å². The van der Waals surface area contributed by atoms with Crippen LogP contribution in [0.2, 0.25) is 0 Å². The molecule has 194 valence electrons. The lowest BCUT2D eigenvalue weighted by Gasteiger charge is -2.33. The predicted octanol–water partition coefficient (Wildman–Crippen LogP) is 3.27. The number of hydrogen-bond donors (Lipinski definition) is 0. The minimum Gasteiger partial charge on any atom is -0.490 e. The third kappa shape index (κ3) is 5.21. The van der Waals surface area contributed by atoms with E-state index in [0.29, 0.717) is 23.7 Å². The van der Waals surface area contributed by atoms with Crippen molar-refractivity contribution in [3.8, 4) is 11.5 Å². The van der Waals surface area contributed by atoms with Gasteiger partial charge < -0.3 is 19.3 Å². The Hall–Kier alpha value is -2.69. The first-order valence-corrected chi connectivity index (χ1v) is 13.9. The van der Waals surface area contributed by atoms with E-state index in [9.17, 15) is 17.6 Å². The van der Waals surface area contributed by atoms with E-state index >= 15 is 0 Å². The first kappa shape index (κ1) is 25.0. The standard InChI is InChI=1S/C26H32FN3O5S/c1-28-24-17-23(8-9-25(24)34-18-26(28)31)36(32,33)30-13-2-3-20(30)10-14-29-15-11-22(12-16-29)35-21-6-4-19(27)5-7-21/h4-9,17,20,22H,2-3,10-16,18H2,1H3/t20-/m1/s1. The zero-order valence-corrected chi connectivity index (χ0v) is 21.3. The predicted molar refractivity (Wildman–Crippen MR) is 133 cm³/mol. The van der Waals surface area contributed by atoms with Crippen LogP contribution < -0.4 is 14.4 Å². The summed E-state index contributed by atoms with van der Waals surface area (Å²) in [4.78, 5) is 16.0. The smallest absolute Gasteiger partial charge is 0.264 e. The third-order valence-electron chi connectivity index (χ3n) is 7.38. The van der Waals surface area contributed by atoms with Crippen molar-refractivity contribution in [2.24, 2.45) is 0 Å². The van der Waals surface area contributed by atoms with Crippen molar-refractivity contribution < 1.29 is 27.1 Å². The molecule has 36 heavy (non-hydrogen) atoms. The van der Waals surface area contributed by atoms with Gasteiger partial charge in [-0.05, 0) is 81.1 Å². The van der Waals surface area contributed by atoms with Gasteiger partial charge in [0, 0.05) is 32.7 Å². The number of anilines is 1. The van der Waals surface area contributed by atoms with Gasteiger partial charge in [-0.2, -0.15) is 4.31 Å². The molecule has 0 saturated carbocycles. The quantitative estimate of drug-likeness (QED) is 0.561. The SMILES string of the molecule is CN1C(=O)COc2ccc(S(=O)(=O)N3CCC[C@@H]3CCN3CCC(Oc4ccc(F)cc4)CC3)cc21. The molecule has 0 radical (unpaired) electrons. The second-order valence-corrected chi connectivity index (χ2v) is 11.6. The fourth-order valence-electron chi connectivity index (χ4n) is 5.25. The van der Waals surface area contributed by atoms with Gasteiger partial charge in [-0.1, -0.05) is 0 Å². The topological polar surface area (TPSA) is 79.4 Å². The number of carbonyl (C=O) groups is 1. The minimum absolute atomic E-state index is 0.0423. The number of hydrogen-bond acceptors (Lipinski definition) is 6. The summed E-state index contributed by atoms with van der Waals surface area (Å²) < 4.78 is 53.2. The lowest BCUT2D eigenvalue weighted by Crippen LogP contribution is -2.42. The van der Waals surface area contributed by atoms with Crippen LogP contribution in [-0.4, -0.2) is 75.5 Å². The maximum absolute atomic E-state index is 13.5. The van der Waals surface area contributed by atoms with Gasteiger partial charge in [0.25, 0.3) is 5.91 Å². The highest BCUT2D eigenvalue weighted by atomic mass is 32.2. The fraction of sp³-hybridized carbons (Fsp3) is 0.500. The maximum atomic E-state index is 13.5. The van der Waals surface area contributed by atoms with Crippen molar-refractivity contribution in [1.82, 2.24) is 9.21 Å². The lowest BCUT2D eigenvalue weighted by atomic mass is 10.1. The molecule has 0 N–H and O–H groups in total. The number of likely N-dealkylation sites (tertiary alicyclic amines) is 1. The Balaban J connectivity index is 1.17. The molecule has 3 heterocycles. The largest absolute Gasteiger partial charge is 0.490 e. The molecular weight excluding hydrogens is 485 g/mol. The highest BCUT2D eigenvalue weighted by Gasteiger charge is 2.36. The van der Waals surface area contributed by atoms with Crippen LogP contribution >= 0.6 is 0 Å². The number of piperidine rings is 1. The summed E-state index contributed by atoms with van der Waals surface area (Å²) in [5, 5.41) is 0. The van der Waals surface area contributed by atoms with Crippen LogP contribution in [0.15, 0.2) is 47.4 Å². The number of fused-ring (bicyclic) bond motifs is 1. The van der Waals surface area contributed by atoms with Gasteiger partial charge in [-0.25, -0.2) is 12.8 Å². The number of carbonyl (C=O) groups excluding carboxylic acids is 1. The number of amides is 1. The fourth-order valence-corrected chi connectivity index (χ4v) is 6.99. The zero-order valence-electron chi connectivity index (χ0n) is 20.4. The van der Waals surface area contributed by atoms with E-state index in [1.165, 1.54) is 17.0 Å². The molecule has 2 fully saturated rings. The molecule has 3 aliphatic heterocycles. The van der Waals surface area contributed by atoms with E-state index in [0.717, 1.165) is 51.7 Å². The van der Waals surface area contributed by atoms with Gasteiger partial charge in [-0.3, -0.25) is 4.79 Å². The summed E-state index contributed by atoms with van der Waals surface area (Å²) in [6.45, 7) is 3.06. The Morgan fingerprint density at radius 2 is 1.81 bits per heavy atom. The summed E-state index contributed by atoms with van der Waals surface area (Å²) in [7, 11) is -2.06. The number of rotatable bonds is 7.